The molecule has 0 atom stereocenters. The Morgan fingerprint density at radius 1 is 1.36 bits per heavy atom. The summed E-state index contributed by atoms with van der Waals surface area (Å²) in [4.78, 5) is 15.0. The molecule has 1 heterocycles. The molecule has 124 valence electrons. The summed E-state index contributed by atoms with van der Waals surface area (Å²) < 4.78 is 37.1. The molecule has 1 fully saturated rings. The molecule has 1 aromatic heterocycles. The van der Waals surface area contributed by atoms with Crippen molar-refractivity contribution in [2.24, 2.45) is 0 Å². The molecular formula is C13H18F3N3O2S. The first kappa shape index (κ1) is 17.0. The minimum Gasteiger partial charge on any atom is -0.388 e. The van der Waals surface area contributed by atoms with Crippen LogP contribution in [0.4, 0.5) is 18.0 Å². The molecule has 1 saturated carbocycles. The second kappa shape index (κ2) is 6.82. The lowest BCUT2D eigenvalue weighted by molar-refractivity contribution is -0.140. The number of urea groups is 1. The Morgan fingerprint density at radius 3 is 2.64 bits per heavy atom. The van der Waals surface area contributed by atoms with Gasteiger partial charge in [0.2, 0.25) is 0 Å². The van der Waals surface area contributed by atoms with Gasteiger partial charge in [-0.25, -0.2) is 9.78 Å². The third kappa shape index (κ3) is 4.84. The second-order valence-electron chi connectivity index (χ2n) is 5.42. The fourth-order valence-electron chi connectivity index (χ4n) is 2.36. The minimum atomic E-state index is -4.43. The zero-order valence-electron chi connectivity index (χ0n) is 11.9. The van der Waals surface area contributed by atoms with Gasteiger partial charge in [0.25, 0.3) is 0 Å². The summed E-state index contributed by atoms with van der Waals surface area (Å²) >= 11 is 0.918. The first-order valence-corrected chi connectivity index (χ1v) is 7.92. The lowest BCUT2D eigenvalue weighted by Gasteiger charge is -2.22. The van der Waals surface area contributed by atoms with Crippen LogP contribution in [0, 0.1) is 0 Å². The normalized spacial score (nSPS) is 17.5. The van der Waals surface area contributed by atoms with Gasteiger partial charge in [0.1, 0.15) is 0 Å². The van der Waals surface area contributed by atoms with Crippen molar-refractivity contribution in [2.75, 3.05) is 13.1 Å². The number of carbonyl (C=O) groups is 1. The number of alkyl halides is 3. The number of nitrogens with one attached hydrogen (secondary N) is 2. The number of hydrogen-bond acceptors (Lipinski definition) is 4. The summed E-state index contributed by atoms with van der Waals surface area (Å²) in [6.07, 6.45) is -0.954. The molecule has 0 radical (unpaired) electrons. The zero-order valence-corrected chi connectivity index (χ0v) is 12.7. The molecule has 0 aliphatic heterocycles. The van der Waals surface area contributed by atoms with E-state index in [9.17, 15) is 23.1 Å². The van der Waals surface area contributed by atoms with E-state index < -0.39 is 23.5 Å². The largest absolute Gasteiger partial charge is 0.434 e. The van der Waals surface area contributed by atoms with E-state index in [2.05, 4.69) is 15.6 Å². The number of rotatable bonds is 5. The predicted molar refractivity (Wildman–Crippen MR) is 75.6 cm³/mol. The number of hydrogen-bond donors (Lipinski definition) is 3. The highest BCUT2D eigenvalue weighted by Gasteiger charge is 2.33. The summed E-state index contributed by atoms with van der Waals surface area (Å²) in [5, 5.41) is 16.5. The zero-order chi connectivity index (χ0) is 16.2. The van der Waals surface area contributed by atoms with Crippen LogP contribution in [0.2, 0.25) is 0 Å². The lowest BCUT2D eigenvalue weighted by Crippen LogP contribution is -2.45. The average Bonchev–Trinajstić information content (AvgIpc) is 3.06. The molecule has 0 unspecified atom stereocenters. The maximum absolute atomic E-state index is 12.4. The number of halogens is 3. The molecule has 5 nitrogen and oxygen atoms in total. The van der Waals surface area contributed by atoms with Gasteiger partial charge in [0, 0.05) is 24.9 Å². The Hall–Kier alpha value is -1.35. The van der Waals surface area contributed by atoms with Crippen molar-refractivity contribution in [1.29, 1.82) is 0 Å². The van der Waals surface area contributed by atoms with Crippen molar-refractivity contribution in [2.45, 2.75) is 43.9 Å². The minimum absolute atomic E-state index is 0.189. The first-order chi connectivity index (χ1) is 10.3. The highest BCUT2D eigenvalue weighted by atomic mass is 32.1. The molecule has 0 bridgehead atoms. The van der Waals surface area contributed by atoms with Gasteiger partial charge in [0.15, 0.2) is 5.69 Å². The van der Waals surface area contributed by atoms with Crippen molar-refractivity contribution in [3.05, 3.63) is 16.1 Å². The van der Waals surface area contributed by atoms with E-state index in [0.29, 0.717) is 17.8 Å². The third-order valence-corrected chi connectivity index (χ3v) is 4.49. The fourth-order valence-corrected chi connectivity index (χ4v) is 3.16. The van der Waals surface area contributed by atoms with Crippen LogP contribution in [0.15, 0.2) is 5.38 Å². The van der Waals surface area contributed by atoms with Crippen molar-refractivity contribution in [3.8, 4) is 0 Å². The fraction of sp³-hybridized carbons (Fsp3) is 0.692. The number of aromatic nitrogens is 1. The van der Waals surface area contributed by atoms with E-state index in [0.717, 1.165) is 29.6 Å². The maximum atomic E-state index is 12.4. The van der Waals surface area contributed by atoms with Crippen LogP contribution in [0.1, 0.15) is 36.4 Å². The van der Waals surface area contributed by atoms with Crippen LogP contribution in [0.25, 0.3) is 0 Å². The summed E-state index contributed by atoms with van der Waals surface area (Å²) in [6.45, 7) is 0.378. The van der Waals surface area contributed by atoms with Crippen molar-refractivity contribution >= 4 is 17.4 Å². The molecule has 1 aliphatic carbocycles. The van der Waals surface area contributed by atoms with Crippen LogP contribution < -0.4 is 10.6 Å². The summed E-state index contributed by atoms with van der Waals surface area (Å²) in [5.41, 5.74) is -1.73. The monoisotopic (exact) mass is 337 g/mol. The number of carbonyl (C=O) groups excluding carboxylic acids is 1. The molecule has 0 aromatic carbocycles. The molecule has 1 aromatic rings. The predicted octanol–water partition coefficient (Wildman–Crippen LogP) is 2.31. The van der Waals surface area contributed by atoms with Crippen LogP contribution in [-0.4, -0.2) is 34.8 Å². The lowest BCUT2D eigenvalue weighted by atomic mass is 10.0. The van der Waals surface area contributed by atoms with E-state index in [-0.39, 0.29) is 19.5 Å². The topological polar surface area (TPSA) is 74.2 Å². The highest BCUT2D eigenvalue weighted by Crippen LogP contribution is 2.30. The second-order valence-corrected chi connectivity index (χ2v) is 6.36. The van der Waals surface area contributed by atoms with E-state index in [1.165, 1.54) is 0 Å². The number of amides is 2. The highest BCUT2D eigenvalue weighted by molar-refractivity contribution is 7.09. The van der Waals surface area contributed by atoms with E-state index in [1.807, 2.05) is 0 Å². The summed E-state index contributed by atoms with van der Waals surface area (Å²) in [7, 11) is 0. The Kier molecular flexibility index (Phi) is 5.28. The molecule has 22 heavy (non-hydrogen) atoms. The summed E-state index contributed by atoms with van der Waals surface area (Å²) in [6, 6.07) is -0.437. The number of aliphatic hydroxyl groups is 1. The van der Waals surface area contributed by atoms with Crippen molar-refractivity contribution in [3.63, 3.8) is 0 Å². The van der Waals surface area contributed by atoms with Gasteiger partial charge < -0.3 is 15.7 Å². The van der Waals surface area contributed by atoms with Gasteiger partial charge in [-0.2, -0.15) is 13.2 Å². The Morgan fingerprint density at radius 2 is 2.05 bits per heavy atom. The quantitative estimate of drug-likeness (QED) is 0.772. The molecule has 2 rings (SSSR count). The summed E-state index contributed by atoms with van der Waals surface area (Å²) in [5.74, 6) is 0. The molecule has 0 saturated heterocycles. The Balaban J connectivity index is 1.67. The van der Waals surface area contributed by atoms with Crippen molar-refractivity contribution < 1.29 is 23.1 Å². The molecular weight excluding hydrogens is 319 g/mol. The maximum Gasteiger partial charge on any atom is 0.434 e. The standard InChI is InChI=1S/C13H18F3N3O2S/c14-13(15,16)9-7-22-10(19-9)3-6-17-11(20)18-8-12(21)4-1-2-5-12/h7,21H,1-6,8H2,(H2,17,18,20). The Labute approximate surface area is 129 Å². The molecule has 2 amide bonds. The van der Waals surface area contributed by atoms with E-state index in [4.69, 9.17) is 0 Å². The molecule has 3 N–H and O–H groups in total. The first-order valence-electron chi connectivity index (χ1n) is 7.04. The van der Waals surface area contributed by atoms with Crippen LogP contribution in [0.5, 0.6) is 0 Å². The van der Waals surface area contributed by atoms with Gasteiger partial charge in [-0.1, -0.05) is 12.8 Å². The smallest absolute Gasteiger partial charge is 0.388 e. The number of thiazole rings is 1. The molecule has 9 heteroatoms. The van der Waals surface area contributed by atoms with Crippen LogP contribution in [-0.2, 0) is 12.6 Å². The third-order valence-electron chi connectivity index (χ3n) is 3.58. The van der Waals surface area contributed by atoms with E-state index >= 15 is 0 Å². The van der Waals surface area contributed by atoms with E-state index in [1.54, 1.807) is 0 Å². The van der Waals surface area contributed by atoms with Gasteiger partial charge in [-0.05, 0) is 12.8 Å². The van der Waals surface area contributed by atoms with Gasteiger partial charge >= 0.3 is 12.2 Å². The Bertz CT molecular complexity index is 513. The van der Waals surface area contributed by atoms with Gasteiger partial charge in [0.05, 0.1) is 10.6 Å². The van der Waals surface area contributed by atoms with Crippen molar-refractivity contribution in [1.82, 2.24) is 15.6 Å². The van der Waals surface area contributed by atoms with Gasteiger partial charge in [-0.3, -0.25) is 0 Å². The van der Waals surface area contributed by atoms with Crippen LogP contribution in [0.3, 0.4) is 0 Å². The van der Waals surface area contributed by atoms with Crippen LogP contribution >= 0.6 is 11.3 Å². The molecule has 1 aliphatic rings. The SMILES string of the molecule is O=C(NCCc1nc(C(F)(F)F)cs1)NCC1(O)CCCC1. The van der Waals surface area contributed by atoms with Gasteiger partial charge in [-0.15, -0.1) is 11.3 Å². The average molecular weight is 337 g/mol. The molecule has 0 spiro atoms. The number of nitrogens with zero attached hydrogens (tertiary/aromatic N) is 1.